The summed E-state index contributed by atoms with van der Waals surface area (Å²) >= 11 is 0. The Morgan fingerprint density at radius 2 is 1.49 bits per heavy atom. The number of hydrogen-bond acceptors (Lipinski definition) is 2. The van der Waals surface area contributed by atoms with E-state index >= 15 is 0 Å². The molecule has 0 spiro atoms. The molecule has 0 aliphatic carbocycles. The van der Waals surface area contributed by atoms with E-state index in [9.17, 15) is 4.79 Å². The fraction of sp³-hybridized carbons (Fsp3) is 0.323. The van der Waals surface area contributed by atoms with Crippen molar-refractivity contribution in [2.75, 3.05) is 19.6 Å². The lowest BCUT2D eigenvalue weighted by molar-refractivity contribution is -0.121. The van der Waals surface area contributed by atoms with Crippen LogP contribution in [0.5, 0.6) is 0 Å². The lowest BCUT2D eigenvalue weighted by Gasteiger charge is -2.33. The second-order valence-electron chi connectivity index (χ2n) is 9.81. The normalized spacial score (nSPS) is 15.0. The van der Waals surface area contributed by atoms with Gasteiger partial charge in [-0.25, -0.2) is 0 Å². The summed E-state index contributed by atoms with van der Waals surface area (Å²) in [5.74, 6) is 0.545. The van der Waals surface area contributed by atoms with Crippen LogP contribution in [-0.2, 0) is 18.3 Å². The summed E-state index contributed by atoms with van der Waals surface area (Å²) in [5, 5.41) is 4.48. The van der Waals surface area contributed by atoms with Crippen LogP contribution in [0.1, 0.15) is 41.9 Å². The maximum absolute atomic E-state index is 12.8. The molecule has 1 aliphatic rings. The number of benzene rings is 3. The van der Waals surface area contributed by atoms with Gasteiger partial charge < -0.3 is 14.8 Å². The summed E-state index contributed by atoms with van der Waals surface area (Å²) < 4.78 is 2.11. The highest BCUT2D eigenvalue weighted by Gasteiger charge is 2.23. The molecule has 0 atom stereocenters. The quantitative estimate of drug-likeness (QED) is 0.372. The molecule has 0 bridgehead atoms. The van der Waals surface area contributed by atoms with E-state index in [0.717, 1.165) is 44.5 Å². The van der Waals surface area contributed by atoms with E-state index in [4.69, 9.17) is 0 Å². The number of fused-ring (bicyclic) bond motifs is 1. The number of nitrogens with one attached hydrogen (secondary N) is 1. The van der Waals surface area contributed by atoms with E-state index in [-0.39, 0.29) is 11.9 Å². The van der Waals surface area contributed by atoms with E-state index in [0.29, 0.717) is 12.3 Å². The molecule has 2 heterocycles. The van der Waals surface area contributed by atoms with Gasteiger partial charge in [-0.15, -0.1) is 0 Å². The van der Waals surface area contributed by atoms with Crippen LogP contribution in [0.2, 0.25) is 0 Å². The van der Waals surface area contributed by atoms with Crippen molar-refractivity contribution in [3.05, 3.63) is 108 Å². The molecular formula is C31H35N3O. The standard InChI is InChI=1S/C31H35N3O/c1-33-23-26(29-14-8-9-15-30(29)33)22-31(35)32-27-16-19-34(20-17-27)21-18-28(24-10-4-2-5-11-24)25-12-6-3-7-13-25/h2-15,23,27-28H,16-22H2,1H3,(H,32,35). The van der Waals surface area contributed by atoms with Gasteiger partial charge in [-0.05, 0) is 48.6 Å². The largest absolute Gasteiger partial charge is 0.353 e. The molecule has 1 aliphatic heterocycles. The number of likely N-dealkylation sites (tertiary alicyclic amines) is 1. The first kappa shape index (κ1) is 23.4. The van der Waals surface area contributed by atoms with Crippen molar-refractivity contribution in [2.45, 2.75) is 37.6 Å². The average Bonchev–Trinajstić information content (AvgIpc) is 3.21. The molecule has 4 heteroatoms. The third-order valence-electron chi connectivity index (χ3n) is 7.42. The Labute approximate surface area is 208 Å². The van der Waals surface area contributed by atoms with Crippen LogP contribution in [0.4, 0.5) is 0 Å². The number of amides is 1. The van der Waals surface area contributed by atoms with Crippen LogP contribution in [-0.4, -0.2) is 41.1 Å². The second kappa shape index (κ2) is 10.9. The summed E-state index contributed by atoms with van der Waals surface area (Å²) in [7, 11) is 2.04. The Balaban J connectivity index is 1.13. The average molecular weight is 466 g/mol. The van der Waals surface area contributed by atoms with Crippen molar-refractivity contribution in [2.24, 2.45) is 7.05 Å². The Bertz CT molecular complexity index is 1200. The van der Waals surface area contributed by atoms with Crippen molar-refractivity contribution in [1.82, 2.24) is 14.8 Å². The minimum atomic E-state index is 0.132. The summed E-state index contributed by atoms with van der Waals surface area (Å²) in [6.45, 7) is 3.15. The van der Waals surface area contributed by atoms with E-state index in [1.54, 1.807) is 0 Å². The highest BCUT2D eigenvalue weighted by molar-refractivity contribution is 5.89. The van der Waals surface area contributed by atoms with E-state index < -0.39 is 0 Å². The molecule has 4 nitrogen and oxygen atoms in total. The molecule has 1 fully saturated rings. The van der Waals surface area contributed by atoms with E-state index in [1.807, 2.05) is 19.2 Å². The third kappa shape index (κ3) is 5.66. The molecule has 5 rings (SSSR count). The summed E-state index contributed by atoms with van der Waals surface area (Å²) in [6, 6.07) is 30.3. The van der Waals surface area contributed by atoms with Crippen molar-refractivity contribution < 1.29 is 4.79 Å². The van der Waals surface area contributed by atoms with Gasteiger partial charge in [-0.3, -0.25) is 4.79 Å². The first-order valence-electron chi connectivity index (χ1n) is 12.8. The third-order valence-corrected chi connectivity index (χ3v) is 7.42. The van der Waals surface area contributed by atoms with Crippen LogP contribution >= 0.6 is 0 Å². The van der Waals surface area contributed by atoms with Gasteiger partial charge in [0.05, 0.1) is 6.42 Å². The second-order valence-corrected chi connectivity index (χ2v) is 9.81. The molecule has 0 radical (unpaired) electrons. The monoisotopic (exact) mass is 465 g/mol. The molecule has 0 unspecified atom stereocenters. The zero-order chi connectivity index (χ0) is 24.0. The minimum absolute atomic E-state index is 0.132. The minimum Gasteiger partial charge on any atom is -0.353 e. The van der Waals surface area contributed by atoms with Crippen LogP contribution in [0.3, 0.4) is 0 Å². The first-order chi connectivity index (χ1) is 17.2. The predicted molar refractivity (Wildman–Crippen MR) is 144 cm³/mol. The summed E-state index contributed by atoms with van der Waals surface area (Å²) in [6.07, 6.45) is 5.66. The lowest BCUT2D eigenvalue weighted by Crippen LogP contribution is -2.45. The van der Waals surface area contributed by atoms with Gasteiger partial charge >= 0.3 is 0 Å². The number of piperidine rings is 1. The van der Waals surface area contributed by atoms with Crippen molar-refractivity contribution >= 4 is 16.8 Å². The predicted octanol–water partition coefficient (Wildman–Crippen LogP) is 5.52. The fourth-order valence-corrected chi connectivity index (χ4v) is 5.53. The summed E-state index contributed by atoms with van der Waals surface area (Å²) in [4.78, 5) is 15.4. The maximum atomic E-state index is 12.8. The molecule has 1 N–H and O–H groups in total. The molecular weight excluding hydrogens is 430 g/mol. The Morgan fingerprint density at radius 3 is 2.14 bits per heavy atom. The zero-order valence-corrected chi connectivity index (χ0v) is 20.6. The number of carbonyl (C=O) groups is 1. The van der Waals surface area contributed by atoms with Gasteiger partial charge in [0.15, 0.2) is 0 Å². The van der Waals surface area contributed by atoms with Crippen LogP contribution in [0, 0.1) is 0 Å². The van der Waals surface area contributed by atoms with E-state index in [2.05, 4.69) is 93.8 Å². The molecule has 1 amide bonds. The Hall–Kier alpha value is -3.37. The number of aryl methyl sites for hydroxylation is 1. The number of carbonyl (C=O) groups excluding carboxylic acids is 1. The molecule has 180 valence electrons. The highest BCUT2D eigenvalue weighted by Crippen LogP contribution is 2.28. The van der Waals surface area contributed by atoms with Gasteiger partial charge in [0.1, 0.15) is 0 Å². The van der Waals surface area contributed by atoms with Gasteiger partial charge in [-0.2, -0.15) is 0 Å². The van der Waals surface area contributed by atoms with Gasteiger partial charge in [-0.1, -0.05) is 78.9 Å². The molecule has 1 saturated heterocycles. The molecule has 4 aromatic rings. The first-order valence-corrected chi connectivity index (χ1v) is 12.8. The van der Waals surface area contributed by atoms with Gasteiger partial charge in [0.25, 0.3) is 0 Å². The van der Waals surface area contributed by atoms with Gasteiger partial charge in [0, 0.05) is 49.2 Å². The SMILES string of the molecule is Cn1cc(CC(=O)NC2CCN(CCC(c3ccccc3)c3ccccc3)CC2)c2ccccc21. The number of nitrogens with zero attached hydrogens (tertiary/aromatic N) is 2. The zero-order valence-electron chi connectivity index (χ0n) is 20.6. The van der Waals surface area contributed by atoms with Crippen LogP contribution in [0.25, 0.3) is 10.9 Å². The molecule has 1 aromatic heterocycles. The molecule has 0 saturated carbocycles. The Morgan fingerprint density at radius 1 is 0.886 bits per heavy atom. The lowest BCUT2D eigenvalue weighted by atomic mass is 9.88. The molecule has 3 aromatic carbocycles. The highest BCUT2D eigenvalue weighted by atomic mass is 16.1. The number of hydrogen-bond donors (Lipinski definition) is 1. The number of para-hydroxylation sites is 1. The topological polar surface area (TPSA) is 37.3 Å². The fourth-order valence-electron chi connectivity index (χ4n) is 5.53. The summed E-state index contributed by atoms with van der Waals surface area (Å²) in [5.41, 5.74) is 5.04. The van der Waals surface area contributed by atoms with Crippen molar-refractivity contribution in [1.29, 1.82) is 0 Å². The number of rotatable bonds is 8. The van der Waals surface area contributed by atoms with Crippen molar-refractivity contribution in [3.63, 3.8) is 0 Å². The van der Waals surface area contributed by atoms with Crippen molar-refractivity contribution in [3.8, 4) is 0 Å². The van der Waals surface area contributed by atoms with Crippen LogP contribution in [0.15, 0.2) is 91.1 Å². The van der Waals surface area contributed by atoms with E-state index in [1.165, 1.54) is 22.0 Å². The smallest absolute Gasteiger partial charge is 0.224 e. The van der Waals surface area contributed by atoms with Gasteiger partial charge in [0.2, 0.25) is 5.91 Å². The number of aromatic nitrogens is 1. The maximum Gasteiger partial charge on any atom is 0.224 e. The molecule has 35 heavy (non-hydrogen) atoms. The Kier molecular flexibility index (Phi) is 7.29. The van der Waals surface area contributed by atoms with Crippen LogP contribution < -0.4 is 5.32 Å².